The van der Waals surface area contributed by atoms with Crippen LogP contribution in [0.5, 0.6) is 0 Å². The minimum Gasteiger partial charge on any atom is -0.329 e. The highest BCUT2D eigenvalue weighted by atomic mass is 19.1. The van der Waals surface area contributed by atoms with E-state index < -0.39 is 6.04 Å². The third-order valence-corrected chi connectivity index (χ3v) is 4.49. The van der Waals surface area contributed by atoms with Crippen LogP contribution >= 0.6 is 0 Å². The molecule has 1 atom stereocenters. The molecule has 25 heavy (non-hydrogen) atoms. The fourth-order valence-electron chi connectivity index (χ4n) is 3.23. The first-order chi connectivity index (χ1) is 12.1. The normalized spacial score (nSPS) is 16.8. The minimum absolute atomic E-state index is 0.0197. The number of fused-ring (bicyclic) bond motifs is 1. The molecule has 0 saturated carbocycles. The molecule has 3 aromatic rings. The first kappa shape index (κ1) is 15.5. The molecule has 126 valence electrons. The van der Waals surface area contributed by atoms with Crippen molar-refractivity contribution in [2.24, 2.45) is 0 Å². The van der Waals surface area contributed by atoms with E-state index in [0.717, 1.165) is 5.56 Å². The minimum atomic E-state index is -0.475. The van der Waals surface area contributed by atoms with Crippen LogP contribution in [0, 0.1) is 5.82 Å². The number of aromatic nitrogens is 3. The van der Waals surface area contributed by atoms with Crippen LogP contribution in [0.4, 0.5) is 4.39 Å². The topological polar surface area (TPSA) is 51.0 Å². The predicted octanol–water partition coefficient (Wildman–Crippen LogP) is 3.19. The van der Waals surface area contributed by atoms with E-state index in [4.69, 9.17) is 0 Å². The maximum atomic E-state index is 14.1. The maximum Gasteiger partial charge on any atom is 0.246 e. The van der Waals surface area contributed by atoms with Crippen LogP contribution in [0.15, 0.2) is 54.6 Å². The quantitative estimate of drug-likeness (QED) is 0.738. The fraction of sp³-hybridized carbons (Fsp3) is 0.211. The molecular weight excluding hydrogens is 319 g/mol. The second-order valence-corrected chi connectivity index (χ2v) is 6.15. The molecule has 0 fully saturated rings. The molecule has 6 heteroatoms. The van der Waals surface area contributed by atoms with Gasteiger partial charge in [-0.2, -0.15) is 0 Å². The van der Waals surface area contributed by atoms with Gasteiger partial charge < -0.3 is 4.90 Å². The Hall–Kier alpha value is -3.02. The van der Waals surface area contributed by atoms with E-state index in [0.29, 0.717) is 30.3 Å². The molecule has 4 rings (SSSR count). The van der Waals surface area contributed by atoms with E-state index in [9.17, 15) is 9.18 Å². The number of nitrogens with zero attached hydrogens (tertiary/aromatic N) is 4. The van der Waals surface area contributed by atoms with E-state index in [1.807, 2.05) is 30.3 Å². The molecule has 0 unspecified atom stereocenters. The van der Waals surface area contributed by atoms with Gasteiger partial charge in [-0.1, -0.05) is 42.5 Å². The van der Waals surface area contributed by atoms with Gasteiger partial charge in [0.15, 0.2) is 11.6 Å². The molecule has 0 N–H and O–H groups in total. The number of rotatable bonds is 3. The van der Waals surface area contributed by atoms with Crippen molar-refractivity contribution in [1.29, 1.82) is 0 Å². The van der Waals surface area contributed by atoms with Crippen molar-refractivity contribution in [3.05, 3.63) is 71.8 Å². The van der Waals surface area contributed by atoms with Gasteiger partial charge >= 0.3 is 0 Å². The molecule has 5 nitrogen and oxygen atoms in total. The number of carbonyl (C=O) groups excluding carboxylic acids is 1. The highest BCUT2D eigenvalue weighted by Crippen LogP contribution is 2.30. The molecule has 0 saturated heterocycles. The summed E-state index contributed by atoms with van der Waals surface area (Å²) < 4.78 is 15.9. The van der Waals surface area contributed by atoms with Gasteiger partial charge in [-0.05, 0) is 24.6 Å². The lowest BCUT2D eigenvalue weighted by molar-refractivity contribution is -0.137. The van der Waals surface area contributed by atoms with Gasteiger partial charge in [-0.3, -0.25) is 9.36 Å². The van der Waals surface area contributed by atoms with Crippen molar-refractivity contribution in [3.63, 3.8) is 0 Å². The van der Waals surface area contributed by atoms with E-state index >= 15 is 0 Å². The second-order valence-electron chi connectivity index (χ2n) is 6.15. The zero-order valence-electron chi connectivity index (χ0n) is 13.8. The van der Waals surface area contributed by atoms with E-state index in [-0.39, 0.29) is 11.7 Å². The molecule has 0 spiro atoms. The molecule has 2 heterocycles. The average Bonchev–Trinajstić information content (AvgIpc) is 3.04. The summed E-state index contributed by atoms with van der Waals surface area (Å²) in [5.41, 5.74) is 1.42. The van der Waals surface area contributed by atoms with Gasteiger partial charge in [0, 0.05) is 6.54 Å². The Morgan fingerprint density at radius 1 is 1.08 bits per heavy atom. The first-order valence-electron chi connectivity index (χ1n) is 8.16. The Balaban J connectivity index is 1.69. The third kappa shape index (κ3) is 2.69. The van der Waals surface area contributed by atoms with Crippen LogP contribution in [0.2, 0.25) is 0 Å². The Labute approximate surface area is 144 Å². The number of halogens is 1. The van der Waals surface area contributed by atoms with Crippen molar-refractivity contribution in [2.45, 2.75) is 26.1 Å². The Kier molecular flexibility index (Phi) is 3.80. The van der Waals surface area contributed by atoms with Crippen LogP contribution in [0.1, 0.15) is 24.4 Å². The first-order valence-corrected chi connectivity index (χ1v) is 8.16. The Morgan fingerprint density at radius 3 is 2.56 bits per heavy atom. The van der Waals surface area contributed by atoms with Crippen LogP contribution < -0.4 is 0 Å². The van der Waals surface area contributed by atoms with Gasteiger partial charge in [-0.25, -0.2) is 4.39 Å². The lowest BCUT2D eigenvalue weighted by atomic mass is 10.1. The summed E-state index contributed by atoms with van der Waals surface area (Å²) in [6.07, 6.45) is 0. The zero-order chi connectivity index (χ0) is 17.4. The van der Waals surface area contributed by atoms with Gasteiger partial charge in [-0.15, -0.1) is 10.2 Å². The summed E-state index contributed by atoms with van der Waals surface area (Å²) in [5, 5.41) is 8.35. The largest absolute Gasteiger partial charge is 0.329 e. The summed E-state index contributed by atoms with van der Waals surface area (Å²) in [6.45, 7) is 2.68. The van der Waals surface area contributed by atoms with Crippen molar-refractivity contribution in [2.75, 3.05) is 0 Å². The van der Waals surface area contributed by atoms with E-state index in [1.54, 1.807) is 34.6 Å². The third-order valence-electron chi connectivity index (χ3n) is 4.49. The summed E-state index contributed by atoms with van der Waals surface area (Å²) >= 11 is 0. The standard InChI is InChI=1S/C19H17FN4O/c1-13-19(25)23(11-14-7-3-2-4-8-14)12-17-21-22-18(24(13)17)15-9-5-6-10-16(15)20/h2-10,13H,11-12H2,1H3/t13-/m0/s1. The summed E-state index contributed by atoms with van der Waals surface area (Å²) in [5.74, 6) is 0.674. The van der Waals surface area contributed by atoms with Crippen LogP contribution in [-0.2, 0) is 17.9 Å². The number of carbonyl (C=O) groups is 1. The van der Waals surface area contributed by atoms with Crippen LogP contribution in [0.25, 0.3) is 11.4 Å². The monoisotopic (exact) mass is 336 g/mol. The molecule has 1 aromatic heterocycles. The summed E-state index contributed by atoms with van der Waals surface area (Å²) in [7, 11) is 0. The highest BCUT2D eigenvalue weighted by Gasteiger charge is 2.33. The zero-order valence-corrected chi connectivity index (χ0v) is 13.8. The van der Waals surface area contributed by atoms with Crippen molar-refractivity contribution in [1.82, 2.24) is 19.7 Å². The maximum absolute atomic E-state index is 14.1. The van der Waals surface area contributed by atoms with Crippen LogP contribution in [0.3, 0.4) is 0 Å². The van der Waals surface area contributed by atoms with Crippen molar-refractivity contribution >= 4 is 5.91 Å². The summed E-state index contributed by atoms with van der Waals surface area (Å²) in [4.78, 5) is 14.6. The summed E-state index contributed by atoms with van der Waals surface area (Å²) in [6, 6.07) is 15.8. The SMILES string of the molecule is C[C@H]1C(=O)N(Cc2ccccc2)Cc2nnc(-c3ccccc3F)n21. The second kappa shape index (κ2) is 6.12. The molecule has 0 radical (unpaired) electrons. The van der Waals surface area contributed by atoms with Crippen molar-refractivity contribution < 1.29 is 9.18 Å². The highest BCUT2D eigenvalue weighted by molar-refractivity contribution is 5.82. The van der Waals surface area contributed by atoms with Gasteiger partial charge in [0.05, 0.1) is 12.1 Å². The molecular formula is C19H17FN4O. The van der Waals surface area contributed by atoms with E-state index in [1.165, 1.54) is 6.07 Å². The van der Waals surface area contributed by atoms with Gasteiger partial charge in [0.25, 0.3) is 0 Å². The number of hydrogen-bond acceptors (Lipinski definition) is 3. The number of benzene rings is 2. The average molecular weight is 336 g/mol. The molecule has 0 aliphatic carbocycles. The number of amides is 1. The number of hydrogen-bond donors (Lipinski definition) is 0. The molecule has 1 aliphatic heterocycles. The van der Waals surface area contributed by atoms with Crippen molar-refractivity contribution in [3.8, 4) is 11.4 Å². The fourth-order valence-corrected chi connectivity index (χ4v) is 3.23. The van der Waals surface area contributed by atoms with Crippen LogP contribution in [-0.4, -0.2) is 25.6 Å². The van der Waals surface area contributed by atoms with Gasteiger partial charge in [0.2, 0.25) is 5.91 Å². The lowest BCUT2D eigenvalue weighted by Gasteiger charge is -2.32. The Bertz CT molecular complexity index is 922. The lowest BCUT2D eigenvalue weighted by Crippen LogP contribution is -2.41. The predicted molar refractivity (Wildman–Crippen MR) is 90.8 cm³/mol. The molecule has 0 bridgehead atoms. The molecule has 1 aliphatic rings. The van der Waals surface area contributed by atoms with E-state index in [2.05, 4.69) is 10.2 Å². The molecule has 1 amide bonds. The Morgan fingerprint density at radius 2 is 1.80 bits per heavy atom. The molecule has 2 aromatic carbocycles. The smallest absolute Gasteiger partial charge is 0.246 e. The van der Waals surface area contributed by atoms with Gasteiger partial charge in [0.1, 0.15) is 11.9 Å².